The van der Waals surface area contributed by atoms with Crippen LogP contribution in [-0.4, -0.2) is 7.11 Å². The van der Waals surface area contributed by atoms with Crippen LogP contribution in [-0.2, 0) is 16.8 Å². The average Bonchev–Trinajstić information content (AvgIpc) is 2.81. The zero-order valence-corrected chi connectivity index (χ0v) is 18.3. The van der Waals surface area contributed by atoms with Gasteiger partial charge in [0, 0.05) is 18.2 Å². The van der Waals surface area contributed by atoms with Gasteiger partial charge in [0.2, 0.25) is 0 Å². The second kappa shape index (κ2) is 7.72. The van der Waals surface area contributed by atoms with Crippen molar-refractivity contribution < 1.29 is 4.74 Å². The van der Waals surface area contributed by atoms with Crippen LogP contribution in [0.4, 0.5) is 17.1 Å². The standard InChI is InChI=1S/C29H27NO/c1-29(2)25-11-7-8-12-27(25)30(24-9-5-4-6-10-24)28-18-17-23(19-26(28)29)22-15-13-21(14-16-22)20-31-3/h4-19H,20H2,1-3H3. The summed E-state index contributed by atoms with van der Waals surface area (Å²) in [5.74, 6) is 0. The van der Waals surface area contributed by atoms with Gasteiger partial charge in [0.05, 0.1) is 18.0 Å². The fourth-order valence-corrected chi connectivity index (χ4v) is 4.70. The molecule has 5 rings (SSSR count). The molecule has 0 fully saturated rings. The van der Waals surface area contributed by atoms with Crippen LogP contribution in [0, 0.1) is 0 Å². The van der Waals surface area contributed by atoms with Crippen molar-refractivity contribution in [2.75, 3.05) is 12.0 Å². The van der Waals surface area contributed by atoms with Crippen LogP contribution in [0.5, 0.6) is 0 Å². The Morgan fingerprint density at radius 3 is 2.06 bits per heavy atom. The van der Waals surface area contributed by atoms with Gasteiger partial charge in [0.15, 0.2) is 0 Å². The molecular weight excluding hydrogens is 378 g/mol. The first-order valence-corrected chi connectivity index (χ1v) is 10.8. The highest BCUT2D eigenvalue weighted by atomic mass is 16.5. The number of hydrogen-bond donors (Lipinski definition) is 0. The van der Waals surface area contributed by atoms with E-state index in [9.17, 15) is 0 Å². The summed E-state index contributed by atoms with van der Waals surface area (Å²) >= 11 is 0. The molecule has 1 aliphatic rings. The van der Waals surface area contributed by atoms with Crippen LogP contribution >= 0.6 is 0 Å². The second-order valence-electron chi connectivity index (χ2n) is 8.67. The highest BCUT2D eigenvalue weighted by Gasteiger charge is 2.36. The van der Waals surface area contributed by atoms with Crippen LogP contribution < -0.4 is 4.90 Å². The Labute approximate surface area is 184 Å². The van der Waals surface area contributed by atoms with E-state index in [2.05, 4.69) is 116 Å². The third kappa shape index (κ3) is 3.34. The molecule has 0 amide bonds. The van der Waals surface area contributed by atoms with Gasteiger partial charge in [0.1, 0.15) is 0 Å². The van der Waals surface area contributed by atoms with E-state index in [1.54, 1.807) is 7.11 Å². The molecule has 0 saturated heterocycles. The Morgan fingerprint density at radius 1 is 0.677 bits per heavy atom. The first-order valence-electron chi connectivity index (χ1n) is 10.8. The van der Waals surface area contributed by atoms with Gasteiger partial charge in [-0.3, -0.25) is 0 Å². The monoisotopic (exact) mass is 405 g/mol. The van der Waals surface area contributed by atoms with Gasteiger partial charge < -0.3 is 9.64 Å². The molecule has 154 valence electrons. The predicted molar refractivity (Wildman–Crippen MR) is 129 cm³/mol. The van der Waals surface area contributed by atoms with Gasteiger partial charge >= 0.3 is 0 Å². The normalized spacial score (nSPS) is 14.1. The maximum Gasteiger partial charge on any atom is 0.0713 e. The molecule has 0 unspecified atom stereocenters. The molecule has 4 aromatic rings. The lowest BCUT2D eigenvalue weighted by atomic mass is 9.73. The number of benzene rings is 4. The third-order valence-electron chi connectivity index (χ3n) is 6.34. The van der Waals surface area contributed by atoms with E-state index < -0.39 is 0 Å². The summed E-state index contributed by atoms with van der Waals surface area (Å²) in [7, 11) is 1.73. The van der Waals surface area contributed by atoms with Crippen LogP contribution in [0.1, 0.15) is 30.5 Å². The van der Waals surface area contributed by atoms with Gasteiger partial charge in [-0.05, 0) is 58.1 Å². The van der Waals surface area contributed by atoms with Gasteiger partial charge in [-0.25, -0.2) is 0 Å². The minimum absolute atomic E-state index is 0.0940. The highest BCUT2D eigenvalue weighted by molar-refractivity contribution is 5.87. The summed E-state index contributed by atoms with van der Waals surface area (Å²) in [6.07, 6.45) is 0. The van der Waals surface area contributed by atoms with E-state index in [1.807, 2.05) is 0 Å². The zero-order valence-electron chi connectivity index (χ0n) is 18.3. The maximum atomic E-state index is 5.26. The van der Waals surface area contributed by atoms with Crippen LogP contribution in [0.15, 0.2) is 97.1 Å². The molecule has 1 aliphatic heterocycles. The molecule has 31 heavy (non-hydrogen) atoms. The Morgan fingerprint density at radius 2 is 1.32 bits per heavy atom. The number of anilines is 3. The fourth-order valence-electron chi connectivity index (χ4n) is 4.70. The topological polar surface area (TPSA) is 12.5 Å². The summed E-state index contributed by atoms with van der Waals surface area (Å²) < 4.78 is 5.26. The molecule has 1 heterocycles. The van der Waals surface area contributed by atoms with Crippen molar-refractivity contribution >= 4 is 17.1 Å². The van der Waals surface area contributed by atoms with Crippen molar-refractivity contribution in [3.05, 3.63) is 114 Å². The summed E-state index contributed by atoms with van der Waals surface area (Å²) in [5, 5.41) is 0. The molecule has 0 atom stereocenters. The van der Waals surface area contributed by atoms with Gasteiger partial charge in [-0.2, -0.15) is 0 Å². The first kappa shape index (κ1) is 19.6. The highest BCUT2D eigenvalue weighted by Crippen LogP contribution is 2.52. The number of ether oxygens (including phenoxy) is 1. The van der Waals surface area contributed by atoms with Crippen molar-refractivity contribution in [1.29, 1.82) is 0 Å². The minimum Gasteiger partial charge on any atom is -0.380 e. The van der Waals surface area contributed by atoms with E-state index in [0.717, 1.165) is 0 Å². The van der Waals surface area contributed by atoms with Gasteiger partial charge in [-0.15, -0.1) is 0 Å². The van der Waals surface area contributed by atoms with Crippen molar-refractivity contribution in [3.8, 4) is 11.1 Å². The van der Waals surface area contributed by atoms with Crippen molar-refractivity contribution in [2.24, 2.45) is 0 Å². The van der Waals surface area contributed by atoms with Gasteiger partial charge in [0.25, 0.3) is 0 Å². The first-order chi connectivity index (χ1) is 15.1. The van der Waals surface area contributed by atoms with Gasteiger partial charge in [-0.1, -0.05) is 80.6 Å². The Balaban J connectivity index is 1.67. The number of fused-ring (bicyclic) bond motifs is 2. The lowest BCUT2D eigenvalue weighted by Gasteiger charge is -2.42. The fraction of sp³-hybridized carbons (Fsp3) is 0.172. The SMILES string of the molecule is COCc1ccc(-c2ccc3c(c2)C(C)(C)c2ccccc2N3c2ccccc2)cc1. The molecule has 4 aromatic carbocycles. The average molecular weight is 406 g/mol. The van der Waals surface area contributed by atoms with E-state index in [0.29, 0.717) is 6.61 Å². The molecule has 2 nitrogen and oxygen atoms in total. The predicted octanol–water partition coefficient (Wildman–Crippen LogP) is 7.61. The van der Waals surface area contributed by atoms with Crippen LogP contribution in [0.2, 0.25) is 0 Å². The number of para-hydroxylation sites is 2. The van der Waals surface area contributed by atoms with Crippen molar-refractivity contribution in [1.82, 2.24) is 0 Å². The summed E-state index contributed by atoms with van der Waals surface area (Å²) in [6.45, 7) is 5.30. The molecule has 0 N–H and O–H groups in total. The zero-order chi connectivity index (χ0) is 21.4. The minimum atomic E-state index is -0.0940. The smallest absolute Gasteiger partial charge is 0.0713 e. The van der Waals surface area contributed by atoms with E-state index in [-0.39, 0.29) is 5.41 Å². The third-order valence-corrected chi connectivity index (χ3v) is 6.34. The number of nitrogens with zero attached hydrogens (tertiary/aromatic N) is 1. The molecule has 0 bridgehead atoms. The molecule has 0 spiro atoms. The second-order valence-corrected chi connectivity index (χ2v) is 8.67. The lowest BCUT2D eigenvalue weighted by Crippen LogP contribution is -2.30. The molecular formula is C29H27NO. The Kier molecular flexibility index (Phi) is 4.88. The van der Waals surface area contributed by atoms with Crippen LogP contribution in [0.3, 0.4) is 0 Å². The lowest BCUT2D eigenvalue weighted by molar-refractivity contribution is 0.185. The quantitative estimate of drug-likeness (QED) is 0.346. The molecule has 0 radical (unpaired) electrons. The summed E-state index contributed by atoms with van der Waals surface area (Å²) in [5.41, 5.74) is 9.93. The number of hydrogen-bond acceptors (Lipinski definition) is 2. The van der Waals surface area contributed by atoms with Crippen molar-refractivity contribution in [3.63, 3.8) is 0 Å². The molecule has 0 aliphatic carbocycles. The summed E-state index contributed by atoms with van der Waals surface area (Å²) in [6, 6.07) is 35.0. The Bertz CT molecular complexity index is 1210. The van der Waals surface area contributed by atoms with E-state index in [4.69, 9.17) is 4.74 Å². The van der Waals surface area contributed by atoms with E-state index in [1.165, 1.54) is 44.9 Å². The Hall–Kier alpha value is -3.36. The maximum absolute atomic E-state index is 5.26. The largest absolute Gasteiger partial charge is 0.380 e. The summed E-state index contributed by atoms with van der Waals surface area (Å²) in [4.78, 5) is 2.39. The molecule has 0 saturated carbocycles. The van der Waals surface area contributed by atoms with Crippen molar-refractivity contribution in [2.45, 2.75) is 25.9 Å². The number of methoxy groups -OCH3 is 1. The number of rotatable bonds is 4. The molecule has 0 aromatic heterocycles. The van der Waals surface area contributed by atoms with E-state index >= 15 is 0 Å². The van der Waals surface area contributed by atoms with Crippen LogP contribution in [0.25, 0.3) is 11.1 Å². The molecule has 2 heteroatoms.